The molecule has 0 saturated carbocycles. The van der Waals surface area contributed by atoms with Crippen LogP contribution in [0.2, 0.25) is 0 Å². The molecule has 0 saturated heterocycles. The average Bonchev–Trinajstić information content (AvgIpc) is 3.13. The van der Waals surface area contributed by atoms with Crippen molar-refractivity contribution in [3.05, 3.63) is 89.7 Å². The number of hydrogen-bond donors (Lipinski definition) is 2. The number of benzene rings is 2. The minimum absolute atomic E-state index is 0.264. The molecular formula is C24H21N3O3. The van der Waals surface area contributed by atoms with Crippen molar-refractivity contribution in [2.75, 3.05) is 6.54 Å². The Morgan fingerprint density at radius 2 is 1.97 bits per heavy atom. The minimum atomic E-state index is -0.939. The smallest absolute Gasteiger partial charge is 0.335 e. The molecule has 4 aromatic rings. The lowest BCUT2D eigenvalue weighted by Crippen LogP contribution is -2.29. The van der Waals surface area contributed by atoms with Gasteiger partial charge in [0.15, 0.2) is 0 Å². The molecule has 1 unspecified atom stereocenters. The lowest BCUT2D eigenvalue weighted by molar-refractivity contribution is -0.00540. The van der Waals surface area contributed by atoms with Crippen molar-refractivity contribution < 1.29 is 14.6 Å². The van der Waals surface area contributed by atoms with Gasteiger partial charge >= 0.3 is 5.97 Å². The number of carbonyl (C=O) groups is 1. The van der Waals surface area contributed by atoms with Crippen molar-refractivity contribution >= 4 is 16.9 Å². The molecule has 0 spiro atoms. The van der Waals surface area contributed by atoms with Crippen molar-refractivity contribution in [2.45, 2.75) is 19.4 Å². The summed E-state index contributed by atoms with van der Waals surface area (Å²) in [5.74, 6) is -0.939. The normalized spacial score (nSPS) is 15.8. The van der Waals surface area contributed by atoms with Crippen LogP contribution in [0.4, 0.5) is 0 Å². The number of nitrogens with one attached hydrogen (secondary N) is 1. The molecule has 0 fully saturated rings. The van der Waals surface area contributed by atoms with Gasteiger partial charge < -0.3 is 19.7 Å². The van der Waals surface area contributed by atoms with Crippen LogP contribution < -0.4 is 5.32 Å². The minimum Gasteiger partial charge on any atom is -0.478 e. The first-order chi connectivity index (χ1) is 14.7. The van der Waals surface area contributed by atoms with Gasteiger partial charge in [0.05, 0.1) is 23.4 Å². The average molecular weight is 399 g/mol. The molecule has 150 valence electrons. The quantitative estimate of drug-likeness (QED) is 0.537. The Morgan fingerprint density at radius 1 is 1.13 bits per heavy atom. The lowest BCUT2D eigenvalue weighted by atomic mass is 10.0. The summed E-state index contributed by atoms with van der Waals surface area (Å²) in [6.45, 7) is 1.79. The summed E-state index contributed by atoms with van der Waals surface area (Å²) in [7, 11) is 0. The molecule has 0 amide bonds. The molecule has 1 aliphatic rings. The molecule has 6 nitrogen and oxygen atoms in total. The second kappa shape index (κ2) is 7.74. The van der Waals surface area contributed by atoms with Crippen molar-refractivity contribution in [1.29, 1.82) is 0 Å². The van der Waals surface area contributed by atoms with E-state index >= 15 is 0 Å². The van der Waals surface area contributed by atoms with Crippen LogP contribution in [0.3, 0.4) is 0 Å². The SMILES string of the molecule is O=C(O)c1ccc2cc3n(c2c1)C(OCc1ccncc1)CNCc1ccccc1-3. The number of carboxylic acids is 1. The van der Waals surface area contributed by atoms with Gasteiger partial charge in [-0.1, -0.05) is 30.3 Å². The fourth-order valence-electron chi connectivity index (χ4n) is 4.02. The van der Waals surface area contributed by atoms with Crippen LogP contribution in [-0.4, -0.2) is 27.2 Å². The van der Waals surface area contributed by atoms with E-state index in [1.807, 2.05) is 30.3 Å². The molecule has 2 aromatic carbocycles. The van der Waals surface area contributed by atoms with Gasteiger partial charge in [0.2, 0.25) is 0 Å². The number of rotatable bonds is 4. The van der Waals surface area contributed by atoms with Gasteiger partial charge in [-0.15, -0.1) is 0 Å². The van der Waals surface area contributed by atoms with Crippen molar-refractivity contribution in [1.82, 2.24) is 14.9 Å². The molecule has 0 bridgehead atoms. The number of aromatic carboxylic acids is 1. The highest BCUT2D eigenvalue weighted by Crippen LogP contribution is 2.35. The highest BCUT2D eigenvalue weighted by molar-refractivity contribution is 5.95. The molecule has 1 aliphatic heterocycles. The third-order valence-electron chi connectivity index (χ3n) is 5.50. The molecule has 0 radical (unpaired) electrons. The Bertz CT molecular complexity index is 1220. The highest BCUT2D eigenvalue weighted by Gasteiger charge is 2.24. The van der Waals surface area contributed by atoms with Gasteiger partial charge in [-0.25, -0.2) is 4.79 Å². The Labute approximate surface area is 173 Å². The fourth-order valence-corrected chi connectivity index (χ4v) is 4.02. The van der Waals surface area contributed by atoms with E-state index in [0.717, 1.165) is 34.3 Å². The fraction of sp³-hybridized carbons (Fsp3) is 0.167. The maximum absolute atomic E-state index is 11.6. The summed E-state index contributed by atoms with van der Waals surface area (Å²) in [5.41, 5.74) is 5.51. The Balaban J connectivity index is 1.66. The van der Waals surface area contributed by atoms with E-state index in [0.29, 0.717) is 13.2 Å². The van der Waals surface area contributed by atoms with Crippen LogP contribution >= 0.6 is 0 Å². The first-order valence-corrected chi connectivity index (χ1v) is 9.88. The zero-order valence-electron chi connectivity index (χ0n) is 16.3. The Hall–Kier alpha value is -3.48. The molecule has 6 heteroatoms. The first kappa shape index (κ1) is 18.5. The highest BCUT2D eigenvalue weighted by atomic mass is 16.5. The largest absolute Gasteiger partial charge is 0.478 e. The van der Waals surface area contributed by atoms with Crippen LogP contribution in [-0.2, 0) is 17.9 Å². The van der Waals surface area contributed by atoms with E-state index < -0.39 is 5.97 Å². The third kappa shape index (κ3) is 3.36. The number of nitrogens with zero attached hydrogens (tertiary/aromatic N) is 2. The predicted molar refractivity (Wildman–Crippen MR) is 114 cm³/mol. The summed E-state index contributed by atoms with van der Waals surface area (Å²) in [6, 6.07) is 19.5. The molecule has 30 heavy (non-hydrogen) atoms. The molecule has 3 heterocycles. The van der Waals surface area contributed by atoms with Gasteiger partial charge in [0, 0.05) is 36.4 Å². The Kier molecular flexibility index (Phi) is 4.78. The van der Waals surface area contributed by atoms with Crippen molar-refractivity contribution in [2.24, 2.45) is 0 Å². The zero-order chi connectivity index (χ0) is 20.5. The second-order valence-corrected chi connectivity index (χ2v) is 7.39. The molecule has 0 aliphatic carbocycles. The molecule has 2 N–H and O–H groups in total. The van der Waals surface area contributed by atoms with E-state index in [4.69, 9.17) is 4.74 Å². The van der Waals surface area contributed by atoms with Crippen molar-refractivity contribution in [3.63, 3.8) is 0 Å². The van der Waals surface area contributed by atoms with Gasteiger partial charge in [0.1, 0.15) is 6.23 Å². The maximum atomic E-state index is 11.6. The summed E-state index contributed by atoms with van der Waals surface area (Å²) in [6.07, 6.45) is 3.21. The number of carboxylic acid groups (broad SMARTS) is 1. The standard InChI is InChI=1S/C24H21N3O3/c28-24(29)18-6-5-17-11-22-20-4-2-1-3-19(20)13-26-14-23(27(22)21(17)12-18)30-15-16-7-9-25-10-8-16/h1-12,23,26H,13-15H2,(H,28,29). The third-order valence-corrected chi connectivity index (χ3v) is 5.50. The second-order valence-electron chi connectivity index (χ2n) is 7.39. The number of aromatic nitrogens is 2. The zero-order valence-corrected chi connectivity index (χ0v) is 16.3. The van der Waals surface area contributed by atoms with E-state index in [1.165, 1.54) is 5.56 Å². The van der Waals surface area contributed by atoms with E-state index in [2.05, 4.69) is 33.1 Å². The lowest BCUT2D eigenvalue weighted by Gasteiger charge is -2.27. The monoisotopic (exact) mass is 399 g/mol. The predicted octanol–water partition coefficient (Wildman–Crippen LogP) is 4.22. The summed E-state index contributed by atoms with van der Waals surface area (Å²) in [5, 5.41) is 14.0. The van der Waals surface area contributed by atoms with Gasteiger partial charge in [-0.05, 0) is 41.5 Å². The Morgan fingerprint density at radius 3 is 2.80 bits per heavy atom. The van der Waals surface area contributed by atoms with E-state index in [-0.39, 0.29) is 11.8 Å². The first-order valence-electron chi connectivity index (χ1n) is 9.88. The van der Waals surface area contributed by atoms with E-state index in [9.17, 15) is 9.90 Å². The molecule has 1 atom stereocenters. The summed E-state index contributed by atoms with van der Waals surface area (Å²) < 4.78 is 8.46. The maximum Gasteiger partial charge on any atom is 0.335 e. The van der Waals surface area contributed by atoms with Crippen LogP contribution in [0.25, 0.3) is 22.2 Å². The van der Waals surface area contributed by atoms with Crippen LogP contribution in [0, 0.1) is 0 Å². The van der Waals surface area contributed by atoms with Gasteiger partial charge in [0.25, 0.3) is 0 Å². The van der Waals surface area contributed by atoms with Crippen molar-refractivity contribution in [3.8, 4) is 11.3 Å². The van der Waals surface area contributed by atoms with Crippen LogP contribution in [0.15, 0.2) is 73.1 Å². The summed E-state index contributed by atoms with van der Waals surface area (Å²) >= 11 is 0. The number of pyridine rings is 1. The topological polar surface area (TPSA) is 76.4 Å². The van der Waals surface area contributed by atoms with Gasteiger partial charge in [-0.2, -0.15) is 0 Å². The number of ether oxygens (including phenoxy) is 1. The molecule has 5 rings (SSSR count). The van der Waals surface area contributed by atoms with Crippen LogP contribution in [0.1, 0.15) is 27.7 Å². The van der Waals surface area contributed by atoms with Crippen LogP contribution in [0.5, 0.6) is 0 Å². The number of fused-ring (bicyclic) bond motifs is 5. The summed E-state index contributed by atoms with van der Waals surface area (Å²) in [4.78, 5) is 15.6. The molecular weight excluding hydrogens is 378 g/mol. The van der Waals surface area contributed by atoms with E-state index in [1.54, 1.807) is 24.5 Å². The van der Waals surface area contributed by atoms with Gasteiger partial charge in [-0.3, -0.25) is 4.98 Å². The number of hydrogen-bond acceptors (Lipinski definition) is 4. The molecule has 2 aromatic heterocycles.